The van der Waals surface area contributed by atoms with Crippen molar-refractivity contribution in [3.05, 3.63) is 70.8 Å². The van der Waals surface area contributed by atoms with Crippen LogP contribution in [0, 0.1) is 5.92 Å². The van der Waals surface area contributed by atoms with Crippen LogP contribution in [-0.4, -0.2) is 22.1 Å². The summed E-state index contributed by atoms with van der Waals surface area (Å²) in [7, 11) is 0. The van der Waals surface area contributed by atoms with Gasteiger partial charge in [0, 0.05) is 39.6 Å². The van der Waals surface area contributed by atoms with Gasteiger partial charge in [0.15, 0.2) is 5.78 Å². The average Bonchev–Trinajstić information content (AvgIpc) is 3.17. The number of nitrogens with one attached hydrogen (secondary N) is 1. The average molecular weight is 373 g/mol. The first-order chi connectivity index (χ1) is 13.1. The highest BCUT2D eigenvalue weighted by atomic mass is 32.2. The molecule has 0 radical (unpaired) electrons. The number of para-hydroxylation sites is 1. The first-order valence-corrected chi connectivity index (χ1v) is 10.4. The fourth-order valence-corrected chi connectivity index (χ4v) is 6.50. The van der Waals surface area contributed by atoms with Gasteiger partial charge < -0.3 is 9.72 Å². The highest BCUT2D eigenvalue weighted by Gasteiger charge is 2.53. The van der Waals surface area contributed by atoms with Gasteiger partial charge in [0.05, 0.1) is 10.6 Å². The van der Waals surface area contributed by atoms with Crippen LogP contribution < -0.4 is 0 Å². The lowest BCUT2D eigenvalue weighted by Gasteiger charge is -2.46. The molecule has 0 amide bonds. The topological polar surface area (TPSA) is 42.1 Å². The van der Waals surface area contributed by atoms with Crippen LogP contribution in [0.15, 0.2) is 59.1 Å². The van der Waals surface area contributed by atoms with Gasteiger partial charge in [-0.3, -0.25) is 4.79 Å². The zero-order valence-electron chi connectivity index (χ0n) is 15.2. The zero-order chi connectivity index (χ0) is 18.3. The summed E-state index contributed by atoms with van der Waals surface area (Å²) >= 11 is 1.85. The Bertz CT molecular complexity index is 1170. The van der Waals surface area contributed by atoms with Gasteiger partial charge in [-0.15, -0.1) is 11.8 Å². The van der Waals surface area contributed by atoms with Crippen LogP contribution in [0.5, 0.6) is 0 Å². The number of benzene rings is 2. The number of carbonyl (C=O) groups excluding carboxylic acids is 1. The normalized spacial score (nSPS) is 24.9. The molecule has 2 aromatic carbocycles. The van der Waals surface area contributed by atoms with E-state index in [1.807, 2.05) is 36.0 Å². The molecule has 2 unspecified atom stereocenters. The van der Waals surface area contributed by atoms with Gasteiger partial charge in [0.25, 0.3) is 0 Å². The number of rotatable bonds is 0. The Morgan fingerprint density at radius 3 is 2.67 bits per heavy atom. The molecule has 1 aromatic heterocycles. The van der Waals surface area contributed by atoms with E-state index in [1.54, 1.807) is 0 Å². The molecule has 1 aliphatic carbocycles. The standard InChI is InChI=1S/C23H19NO2S/c1-23(2)15-11-27-22-17(14-9-5-6-10-16(14)24-22)18(15)19-20(25)12-7-3-4-8-13(12)21(19)26-23/h3-10,15,18,24H,11H2,1-2H3. The lowest BCUT2D eigenvalue weighted by Crippen LogP contribution is -2.45. The summed E-state index contributed by atoms with van der Waals surface area (Å²) in [5.41, 5.74) is 4.67. The molecule has 27 heavy (non-hydrogen) atoms. The number of fused-ring (bicyclic) bond motifs is 8. The fourth-order valence-electron chi connectivity index (χ4n) is 4.98. The van der Waals surface area contributed by atoms with Crippen molar-refractivity contribution in [1.82, 2.24) is 4.98 Å². The lowest BCUT2D eigenvalue weighted by molar-refractivity contribution is 0.00424. The van der Waals surface area contributed by atoms with Crippen molar-refractivity contribution < 1.29 is 9.53 Å². The maximum atomic E-state index is 13.4. The molecule has 3 aromatic rings. The molecule has 1 N–H and O–H groups in total. The summed E-state index contributed by atoms with van der Waals surface area (Å²) in [6.07, 6.45) is 0. The minimum atomic E-state index is -0.329. The van der Waals surface area contributed by atoms with Crippen LogP contribution in [0.1, 0.15) is 41.3 Å². The predicted octanol–water partition coefficient (Wildman–Crippen LogP) is 5.39. The molecule has 0 spiro atoms. The maximum absolute atomic E-state index is 13.4. The molecule has 4 heteroatoms. The van der Waals surface area contributed by atoms with Crippen LogP contribution in [-0.2, 0) is 4.74 Å². The van der Waals surface area contributed by atoms with E-state index in [-0.39, 0.29) is 23.2 Å². The van der Waals surface area contributed by atoms with Crippen LogP contribution in [0.4, 0.5) is 0 Å². The second-order valence-corrected chi connectivity index (χ2v) is 9.16. The molecular formula is C23H19NO2S. The lowest BCUT2D eigenvalue weighted by atomic mass is 9.71. The number of ether oxygens (including phenoxy) is 1. The molecule has 3 heterocycles. The summed E-state index contributed by atoms with van der Waals surface area (Å²) in [5.74, 6) is 2.19. The van der Waals surface area contributed by atoms with Crippen molar-refractivity contribution in [3.8, 4) is 0 Å². The smallest absolute Gasteiger partial charge is 0.194 e. The maximum Gasteiger partial charge on any atom is 0.194 e. The molecule has 2 atom stereocenters. The molecule has 0 bridgehead atoms. The molecule has 0 fully saturated rings. The Hall–Kier alpha value is -2.46. The Labute approximate surface area is 161 Å². The number of Topliss-reactive ketones (excluding diaryl/α,β-unsaturated/α-hetero) is 1. The third-order valence-corrected chi connectivity index (χ3v) is 7.44. The van der Waals surface area contributed by atoms with E-state index in [9.17, 15) is 4.79 Å². The first-order valence-electron chi connectivity index (χ1n) is 9.37. The van der Waals surface area contributed by atoms with E-state index < -0.39 is 0 Å². The molecular weight excluding hydrogens is 354 g/mol. The molecule has 0 saturated carbocycles. The summed E-state index contributed by atoms with van der Waals surface area (Å²) in [4.78, 5) is 17.0. The van der Waals surface area contributed by atoms with Gasteiger partial charge in [-0.25, -0.2) is 0 Å². The van der Waals surface area contributed by atoms with E-state index in [1.165, 1.54) is 16.0 Å². The second kappa shape index (κ2) is 5.08. The largest absolute Gasteiger partial charge is 0.486 e. The number of aromatic amines is 1. The Morgan fingerprint density at radius 2 is 1.81 bits per heavy atom. The van der Waals surface area contributed by atoms with Crippen LogP contribution in [0.2, 0.25) is 0 Å². The molecule has 134 valence electrons. The Morgan fingerprint density at radius 1 is 1.07 bits per heavy atom. The van der Waals surface area contributed by atoms with Gasteiger partial charge in [-0.2, -0.15) is 0 Å². The number of hydrogen-bond acceptors (Lipinski definition) is 3. The van der Waals surface area contributed by atoms with Crippen LogP contribution in [0.3, 0.4) is 0 Å². The number of aromatic nitrogens is 1. The van der Waals surface area contributed by atoms with Gasteiger partial charge in [0.2, 0.25) is 0 Å². The molecule has 3 nitrogen and oxygen atoms in total. The molecule has 3 aliphatic rings. The van der Waals surface area contributed by atoms with Crippen molar-refractivity contribution in [2.24, 2.45) is 5.92 Å². The second-order valence-electron chi connectivity index (χ2n) is 8.13. The van der Waals surface area contributed by atoms with Crippen LogP contribution in [0.25, 0.3) is 16.7 Å². The third-order valence-electron chi connectivity index (χ3n) is 6.31. The van der Waals surface area contributed by atoms with Crippen molar-refractivity contribution in [2.75, 3.05) is 5.75 Å². The third kappa shape index (κ3) is 1.91. The van der Waals surface area contributed by atoms with Crippen LogP contribution >= 0.6 is 11.8 Å². The highest BCUT2D eigenvalue weighted by molar-refractivity contribution is 7.99. The SMILES string of the molecule is CC1(C)OC2=C(C(=O)c3ccccc32)C2c3c([nH]c4ccccc34)SCC21. The summed E-state index contributed by atoms with van der Waals surface area (Å²) in [5, 5.41) is 2.42. The Balaban J connectivity index is 1.67. The number of ketones is 1. The Kier molecular flexibility index (Phi) is 2.93. The van der Waals surface area contributed by atoms with Crippen molar-refractivity contribution in [1.29, 1.82) is 0 Å². The summed E-state index contributed by atoms with van der Waals surface area (Å²) < 4.78 is 6.50. The van der Waals surface area contributed by atoms with Gasteiger partial charge in [-0.1, -0.05) is 42.5 Å². The monoisotopic (exact) mass is 373 g/mol. The van der Waals surface area contributed by atoms with E-state index in [2.05, 4.69) is 43.1 Å². The van der Waals surface area contributed by atoms with E-state index in [0.29, 0.717) is 0 Å². The zero-order valence-corrected chi connectivity index (χ0v) is 16.0. The van der Waals surface area contributed by atoms with Gasteiger partial charge in [0.1, 0.15) is 11.4 Å². The minimum Gasteiger partial charge on any atom is -0.486 e. The molecule has 0 saturated heterocycles. The van der Waals surface area contributed by atoms with Gasteiger partial charge >= 0.3 is 0 Å². The van der Waals surface area contributed by atoms with E-state index in [4.69, 9.17) is 4.74 Å². The summed E-state index contributed by atoms with van der Waals surface area (Å²) in [6, 6.07) is 16.3. The highest BCUT2D eigenvalue weighted by Crippen LogP contribution is 2.58. The van der Waals surface area contributed by atoms with E-state index in [0.717, 1.165) is 33.7 Å². The fraction of sp³-hybridized carbons (Fsp3) is 0.261. The molecule has 6 rings (SSSR count). The van der Waals surface area contributed by atoms with E-state index >= 15 is 0 Å². The predicted molar refractivity (Wildman–Crippen MR) is 108 cm³/mol. The van der Waals surface area contributed by atoms with Gasteiger partial charge in [-0.05, 0) is 25.5 Å². The van der Waals surface area contributed by atoms with Crippen molar-refractivity contribution in [2.45, 2.75) is 30.4 Å². The molecule has 2 aliphatic heterocycles. The number of allylic oxidation sites excluding steroid dienone is 1. The van der Waals surface area contributed by atoms with Crippen molar-refractivity contribution >= 4 is 34.2 Å². The number of H-pyrrole nitrogens is 1. The number of carbonyl (C=O) groups is 1. The first kappa shape index (κ1) is 15.6. The van der Waals surface area contributed by atoms with Crippen molar-refractivity contribution in [3.63, 3.8) is 0 Å². The summed E-state index contributed by atoms with van der Waals surface area (Å²) in [6.45, 7) is 4.33. The minimum absolute atomic E-state index is 0.0658. The quantitative estimate of drug-likeness (QED) is 0.574. The number of hydrogen-bond donors (Lipinski definition) is 1. The number of thioether (sulfide) groups is 1.